The van der Waals surface area contributed by atoms with Crippen LogP contribution in [-0.2, 0) is 14.3 Å². The van der Waals surface area contributed by atoms with Crippen LogP contribution in [-0.4, -0.2) is 31.7 Å². The van der Waals surface area contributed by atoms with E-state index < -0.39 is 0 Å². The number of carbonyl (C=O) groups excluding carboxylic acids is 1. The van der Waals surface area contributed by atoms with E-state index in [1.807, 2.05) is 0 Å². The minimum Gasteiger partial charge on any atom is -0.385 e. The van der Waals surface area contributed by atoms with E-state index in [1.54, 1.807) is 14.0 Å². The van der Waals surface area contributed by atoms with Gasteiger partial charge in [0, 0.05) is 19.6 Å². The van der Waals surface area contributed by atoms with E-state index in [1.165, 1.54) is 0 Å². The molecule has 0 aromatic carbocycles. The van der Waals surface area contributed by atoms with Crippen LogP contribution in [0.3, 0.4) is 0 Å². The first-order chi connectivity index (χ1) is 7.54. The van der Waals surface area contributed by atoms with E-state index in [2.05, 4.69) is 13.8 Å². The van der Waals surface area contributed by atoms with Gasteiger partial charge in [-0.2, -0.15) is 0 Å². The molecule has 0 aromatic rings. The topological polar surface area (TPSA) is 35.5 Å². The largest absolute Gasteiger partial charge is 0.385 e. The summed E-state index contributed by atoms with van der Waals surface area (Å²) in [5, 5.41) is 0. The smallest absolute Gasteiger partial charge is 0.133 e. The van der Waals surface area contributed by atoms with E-state index in [0.717, 1.165) is 19.3 Å². The average molecular weight is 228 g/mol. The maximum Gasteiger partial charge on any atom is 0.133 e. The molecule has 1 fully saturated rings. The molecule has 1 heterocycles. The van der Waals surface area contributed by atoms with Crippen molar-refractivity contribution in [3.05, 3.63) is 0 Å². The van der Waals surface area contributed by atoms with Crippen molar-refractivity contribution >= 4 is 5.78 Å². The number of rotatable bonds is 5. The highest BCUT2D eigenvalue weighted by molar-refractivity contribution is 5.78. The van der Waals surface area contributed by atoms with Gasteiger partial charge >= 0.3 is 0 Å². The van der Waals surface area contributed by atoms with Crippen LogP contribution >= 0.6 is 0 Å². The third-order valence-corrected chi connectivity index (χ3v) is 3.39. The third kappa shape index (κ3) is 3.87. The molecule has 1 rings (SSSR count). The summed E-state index contributed by atoms with van der Waals surface area (Å²) in [6, 6.07) is 0. The lowest BCUT2D eigenvalue weighted by Gasteiger charge is -2.36. The molecule has 0 saturated carbocycles. The van der Waals surface area contributed by atoms with Crippen molar-refractivity contribution in [3.63, 3.8) is 0 Å². The summed E-state index contributed by atoms with van der Waals surface area (Å²) in [6.07, 6.45) is 3.06. The highest BCUT2D eigenvalue weighted by Gasteiger charge is 2.32. The van der Waals surface area contributed by atoms with E-state index >= 15 is 0 Å². The highest BCUT2D eigenvalue weighted by atomic mass is 16.5. The van der Waals surface area contributed by atoms with Crippen LogP contribution in [0.2, 0.25) is 0 Å². The van der Waals surface area contributed by atoms with Crippen LogP contribution in [0.25, 0.3) is 0 Å². The second kappa shape index (κ2) is 6.36. The maximum absolute atomic E-state index is 11.5. The van der Waals surface area contributed by atoms with Gasteiger partial charge in [-0.1, -0.05) is 13.8 Å². The van der Waals surface area contributed by atoms with Gasteiger partial charge in [0.25, 0.3) is 0 Å². The number of carbonyl (C=O) groups is 1. The van der Waals surface area contributed by atoms with Crippen molar-refractivity contribution < 1.29 is 14.3 Å². The Bertz CT molecular complexity index is 225. The Morgan fingerprint density at radius 1 is 1.44 bits per heavy atom. The van der Waals surface area contributed by atoms with Gasteiger partial charge in [0.15, 0.2) is 0 Å². The first-order valence-electron chi connectivity index (χ1n) is 6.19. The zero-order valence-electron chi connectivity index (χ0n) is 10.9. The predicted octanol–water partition coefficient (Wildman–Crippen LogP) is 2.43. The van der Waals surface area contributed by atoms with Gasteiger partial charge < -0.3 is 9.47 Å². The van der Waals surface area contributed by atoms with Crippen LogP contribution < -0.4 is 0 Å². The van der Waals surface area contributed by atoms with Crippen LogP contribution in [0.1, 0.15) is 40.0 Å². The van der Waals surface area contributed by atoms with Gasteiger partial charge in [0.05, 0.1) is 12.2 Å². The Morgan fingerprint density at radius 3 is 2.62 bits per heavy atom. The fraction of sp³-hybridized carbons (Fsp3) is 0.923. The lowest BCUT2D eigenvalue weighted by atomic mass is 9.84. The lowest BCUT2D eigenvalue weighted by molar-refractivity contribution is -0.135. The van der Waals surface area contributed by atoms with Crippen LogP contribution in [0.15, 0.2) is 0 Å². The lowest BCUT2D eigenvalue weighted by Crippen LogP contribution is -2.38. The van der Waals surface area contributed by atoms with Gasteiger partial charge in [0.1, 0.15) is 5.78 Å². The van der Waals surface area contributed by atoms with Crippen molar-refractivity contribution in [1.29, 1.82) is 0 Å². The van der Waals surface area contributed by atoms with Gasteiger partial charge in [-0.05, 0) is 32.1 Å². The van der Waals surface area contributed by atoms with Gasteiger partial charge in [-0.3, -0.25) is 4.79 Å². The molecule has 0 N–H and O–H groups in total. The number of hydrogen-bond donors (Lipinski definition) is 0. The molecule has 0 aromatic heterocycles. The molecule has 0 spiro atoms. The van der Waals surface area contributed by atoms with Crippen LogP contribution in [0.5, 0.6) is 0 Å². The van der Waals surface area contributed by atoms with Gasteiger partial charge in [-0.15, -0.1) is 0 Å². The number of methoxy groups -OCH3 is 1. The van der Waals surface area contributed by atoms with E-state index in [9.17, 15) is 4.79 Å². The molecule has 3 heteroatoms. The Labute approximate surface area is 98.5 Å². The molecule has 3 nitrogen and oxygen atoms in total. The Morgan fingerprint density at radius 2 is 2.12 bits per heavy atom. The molecule has 0 radical (unpaired) electrons. The van der Waals surface area contributed by atoms with Crippen molar-refractivity contribution in [2.24, 2.45) is 11.8 Å². The van der Waals surface area contributed by atoms with Crippen molar-refractivity contribution in [3.8, 4) is 0 Å². The molecule has 0 bridgehead atoms. The molecular weight excluding hydrogens is 204 g/mol. The average Bonchev–Trinajstić information content (AvgIpc) is 2.25. The van der Waals surface area contributed by atoms with E-state index in [0.29, 0.717) is 18.3 Å². The SMILES string of the molecule is COCC[C@@H]1C[C@H](C(C)=O)C[C@@H](C(C)C)O1. The fourth-order valence-electron chi connectivity index (χ4n) is 2.25. The summed E-state index contributed by atoms with van der Waals surface area (Å²) in [5.74, 6) is 0.964. The van der Waals surface area contributed by atoms with Gasteiger partial charge in [-0.25, -0.2) is 0 Å². The molecular formula is C13H24O3. The molecule has 0 amide bonds. The minimum absolute atomic E-state index is 0.183. The molecule has 1 aliphatic heterocycles. The van der Waals surface area contributed by atoms with Crippen LogP contribution in [0, 0.1) is 11.8 Å². The fourth-order valence-corrected chi connectivity index (χ4v) is 2.25. The highest BCUT2D eigenvalue weighted by Crippen LogP contribution is 2.30. The zero-order chi connectivity index (χ0) is 12.1. The van der Waals surface area contributed by atoms with Gasteiger partial charge in [0.2, 0.25) is 0 Å². The molecule has 94 valence electrons. The Balaban J connectivity index is 2.55. The number of ether oxygens (including phenoxy) is 2. The molecule has 0 aliphatic carbocycles. The van der Waals surface area contributed by atoms with E-state index in [4.69, 9.17) is 9.47 Å². The summed E-state index contributed by atoms with van der Waals surface area (Å²) in [4.78, 5) is 11.5. The predicted molar refractivity (Wildman–Crippen MR) is 63.4 cm³/mol. The Hall–Kier alpha value is -0.410. The van der Waals surface area contributed by atoms with Crippen LogP contribution in [0.4, 0.5) is 0 Å². The summed E-state index contributed by atoms with van der Waals surface area (Å²) >= 11 is 0. The second-order valence-corrected chi connectivity index (χ2v) is 5.10. The maximum atomic E-state index is 11.5. The monoisotopic (exact) mass is 228 g/mol. The summed E-state index contributed by atoms with van der Waals surface area (Å²) in [6.45, 7) is 6.71. The number of ketones is 1. The standard InChI is InChI=1S/C13H24O3/c1-9(2)13-8-11(10(3)14)7-12(16-13)5-6-15-4/h9,11-13H,5-8H2,1-4H3/t11-,12+,13-/m0/s1. The summed E-state index contributed by atoms with van der Waals surface area (Å²) in [7, 11) is 1.70. The molecule has 0 unspecified atom stereocenters. The number of Topliss-reactive ketones (excluding diaryl/α,β-unsaturated/α-hetero) is 1. The molecule has 3 atom stereocenters. The summed E-state index contributed by atoms with van der Waals surface area (Å²) in [5.41, 5.74) is 0. The zero-order valence-corrected chi connectivity index (χ0v) is 10.9. The second-order valence-electron chi connectivity index (χ2n) is 5.10. The van der Waals surface area contributed by atoms with E-state index in [-0.39, 0.29) is 18.1 Å². The molecule has 16 heavy (non-hydrogen) atoms. The normalized spacial score (nSPS) is 30.7. The summed E-state index contributed by atoms with van der Waals surface area (Å²) < 4.78 is 11.1. The van der Waals surface area contributed by atoms with Crippen molar-refractivity contribution in [2.75, 3.05) is 13.7 Å². The molecule has 1 saturated heterocycles. The molecule has 1 aliphatic rings. The van der Waals surface area contributed by atoms with Crippen molar-refractivity contribution in [2.45, 2.75) is 52.2 Å². The Kier molecular flexibility index (Phi) is 5.42. The third-order valence-electron chi connectivity index (χ3n) is 3.39. The van der Waals surface area contributed by atoms with Crippen molar-refractivity contribution in [1.82, 2.24) is 0 Å². The number of hydrogen-bond acceptors (Lipinski definition) is 3. The minimum atomic E-state index is 0.183. The first kappa shape index (κ1) is 13.7. The first-order valence-corrected chi connectivity index (χ1v) is 6.19. The quantitative estimate of drug-likeness (QED) is 0.725.